The van der Waals surface area contributed by atoms with E-state index >= 15 is 0 Å². The van der Waals surface area contributed by atoms with Crippen molar-refractivity contribution in [2.75, 3.05) is 6.61 Å². The smallest absolute Gasteiger partial charge is 0.0624 e. The van der Waals surface area contributed by atoms with E-state index in [-0.39, 0.29) is 17.9 Å². The van der Waals surface area contributed by atoms with Gasteiger partial charge in [0, 0.05) is 19.3 Å². The molecule has 1 N–H and O–H groups in total. The molecule has 0 radical (unpaired) electrons. The number of hydrogen-bond acceptors (Lipinski definition) is 2. The zero-order valence-electron chi connectivity index (χ0n) is 11.1. The maximum atomic E-state index is 9.45. The van der Waals surface area contributed by atoms with Crippen LogP contribution in [0.25, 0.3) is 0 Å². The van der Waals surface area contributed by atoms with Gasteiger partial charge in [-0.3, -0.25) is 4.68 Å². The van der Waals surface area contributed by atoms with Crippen molar-refractivity contribution in [2.24, 2.45) is 18.4 Å². The summed E-state index contributed by atoms with van der Waals surface area (Å²) in [7, 11) is 1.98. The normalized spacial score (nSPS) is 14.1. The summed E-state index contributed by atoms with van der Waals surface area (Å²) in [4.78, 5) is 0. The summed E-state index contributed by atoms with van der Waals surface area (Å²) < 4.78 is 1.94. The zero-order valence-corrected chi connectivity index (χ0v) is 11.1. The molecule has 0 saturated heterocycles. The first-order valence-electron chi connectivity index (χ1n) is 6.01. The predicted octanol–water partition coefficient (Wildman–Crippen LogP) is 2.18. The lowest BCUT2D eigenvalue weighted by Crippen LogP contribution is -2.26. The van der Waals surface area contributed by atoms with E-state index in [1.54, 1.807) is 0 Å². The highest BCUT2D eigenvalue weighted by atomic mass is 16.3. The van der Waals surface area contributed by atoms with Crippen molar-refractivity contribution in [2.45, 2.75) is 40.5 Å². The zero-order chi connectivity index (χ0) is 12.3. The maximum Gasteiger partial charge on any atom is 0.0624 e. The van der Waals surface area contributed by atoms with Gasteiger partial charge in [0.25, 0.3) is 0 Å². The van der Waals surface area contributed by atoms with E-state index in [0.717, 1.165) is 18.5 Å². The Bertz CT molecular complexity index is 336. The summed E-state index contributed by atoms with van der Waals surface area (Å²) in [5.74, 6) is 0.285. The minimum Gasteiger partial charge on any atom is -0.396 e. The van der Waals surface area contributed by atoms with Gasteiger partial charge in [0.2, 0.25) is 0 Å². The molecule has 0 bridgehead atoms. The van der Waals surface area contributed by atoms with Crippen molar-refractivity contribution in [1.82, 2.24) is 9.78 Å². The SMILES string of the molecule is CCc1cc(CC(CO)C(C)(C)C)n(C)n1. The summed E-state index contributed by atoms with van der Waals surface area (Å²) in [5, 5.41) is 13.9. The van der Waals surface area contributed by atoms with E-state index in [4.69, 9.17) is 0 Å². The molecule has 3 nitrogen and oxygen atoms in total. The van der Waals surface area contributed by atoms with Gasteiger partial charge >= 0.3 is 0 Å². The Morgan fingerprint density at radius 2 is 2.06 bits per heavy atom. The fourth-order valence-corrected chi connectivity index (χ4v) is 1.83. The van der Waals surface area contributed by atoms with E-state index < -0.39 is 0 Å². The number of rotatable bonds is 4. The van der Waals surface area contributed by atoms with Gasteiger partial charge in [-0.25, -0.2) is 0 Å². The molecular formula is C13H24N2O. The van der Waals surface area contributed by atoms with Crippen LogP contribution in [0.1, 0.15) is 39.1 Å². The van der Waals surface area contributed by atoms with Crippen molar-refractivity contribution < 1.29 is 5.11 Å². The Hall–Kier alpha value is -0.830. The molecule has 1 heterocycles. The molecule has 1 aromatic rings. The van der Waals surface area contributed by atoms with Crippen LogP contribution in [-0.2, 0) is 19.9 Å². The van der Waals surface area contributed by atoms with Gasteiger partial charge in [0.1, 0.15) is 0 Å². The molecule has 0 saturated carbocycles. The number of aromatic nitrogens is 2. The van der Waals surface area contributed by atoms with E-state index in [2.05, 4.69) is 38.9 Å². The van der Waals surface area contributed by atoms with Crippen molar-refractivity contribution in [3.8, 4) is 0 Å². The van der Waals surface area contributed by atoms with Crippen molar-refractivity contribution in [3.63, 3.8) is 0 Å². The van der Waals surface area contributed by atoms with Gasteiger partial charge in [-0.2, -0.15) is 5.10 Å². The highest BCUT2D eigenvalue weighted by Gasteiger charge is 2.25. The third-order valence-electron chi connectivity index (χ3n) is 3.29. The van der Waals surface area contributed by atoms with Crippen LogP contribution in [-0.4, -0.2) is 21.5 Å². The second-order valence-electron chi connectivity index (χ2n) is 5.55. The molecule has 0 aliphatic carbocycles. The average Bonchev–Trinajstić information content (AvgIpc) is 2.54. The molecule has 0 aromatic carbocycles. The summed E-state index contributed by atoms with van der Waals surface area (Å²) in [6, 6.07) is 2.15. The number of aliphatic hydroxyl groups excluding tert-OH is 1. The van der Waals surface area contributed by atoms with Crippen LogP contribution in [0.3, 0.4) is 0 Å². The quantitative estimate of drug-likeness (QED) is 0.851. The minimum absolute atomic E-state index is 0.130. The molecule has 92 valence electrons. The van der Waals surface area contributed by atoms with Crippen molar-refractivity contribution in [3.05, 3.63) is 17.5 Å². The highest BCUT2D eigenvalue weighted by Crippen LogP contribution is 2.28. The second kappa shape index (κ2) is 5.00. The molecule has 0 aliphatic heterocycles. The Labute approximate surface area is 98.5 Å². The fourth-order valence-electron chi connectivity index (χ4n) is 1.83. The van der Waals surface area contributed by atoms with Crippen LogP contribution in [0.2, 0.25) is 0 Å². The van der Waals surface area contributed by atoms with Gasteiger partial charge in [-0.15, -0.1) is 0 Å². The van der Waals surface area contributed by atoms with E-state index in [1.807, 2.05) is 11.7 Å². The molecule has 1 rings (SSSR count). The molecule has 1 unspecified atom stereocenters. The van der Waals surface area contributed by atoms with E-state index in [0.29, 0.717) is 0 Å². The Kier molecular flexibility index (Phi) is 4.14. The van der Waals surface area contributed by atoms with Crippen LogP contribution in [0.5, 0.6) is 0 Å². The van der Waals surface area contributed by atoms with Gasteiger partial charge in [-0.1, -0.05) is 27.7 Å². The highest BCUT2D eigenvalue weighted by molar-refractivity contribution is 5.11. The van der Waals surface area contributed by atoms with Gasteiger partial charge in [0.15, 0.2) is 0 Å². The Morgan fingerprint density at radius 3 is 2.44 bits per heavy atom. The largest absolute Gasteiger partial charge is 0.396 e. The molecule has 3 heteroatoms. The molecule has 1 aromatic heterocycles. The fraction of sp³-hybridized carbons (Fsp3) is 0.769. The molecule has 0 spiro atoms. The molecular weight excluding hydrogens is 200 g/mol. The van der Waals surface area contributed by atoms with Crippen LogP contribution in [0, 0.1) is 11.3 Å². The third-order valence-corrected chi connectivity index (χ3v) is 3.29. The van der Waals surface area contributed by atoms with Crippen LogP contribution >= 0.6 is 0 Å². The molecule has 0 fully saturated rings. The lowest BCUT2D eigenvalue weighted by molar-refractivity contribution is 0.129. The number of hydrogen-bond donors (Lipinski definition) is 1. The van der Waals surface area contributed by atoms with Crippen molar-refractivity contribution in [1.29, 1.82) is 0 Å². The second-order valence-corrected chi connectivity index (χ2v) is 5.55. The summed E-state index contributed by atoms with van der Waals surface area (Å²) in [6.45, 7) is 8.86. The first kappa shape index (κ1) is 13.2. The maximum absolute atomic E-state index is 9.45. The first-order valence-corrected chi connectivity index (χ1v) is 6.01. The lowest BCUT2D eigenvalue weighted by atomic mass is 9.78. The Balaban J connectivity index is 2.82. The molecule has 0 amide bonds. The molecule has 16 heavy (non-hydrogen) atoms. The van der Waals surface area contributed by atoms with Crippen LogP contribution < -0.4 is 0 Å². The molecule has 1 atom stereocenters. The van der Waals surface area contributed by atoms with Crippen LogP contribution in [0.4, 0.5) is 0 Å². The third kappa shape index (κ3) is 3.08. The topological polar surface area (TPSA) is 38.0 Å². The average molecular weight is 224 g/mol. The van der Waals surface area contributed by atoms with Gasteiger partial charge < -0.3 is 5.11 Å². The monoisotopic (exact) mass is 224 g/mol. The van der Waals surface area contributed by atoms with Gasteiger partial charge in [-0.05, 0) is 30.2 Å². The summed E-state index contributed by atoms with van der Waals surface area (Å²) >= 11 is 0. The number of aryl methyl sites for hydroxylation is 2. The number of aliphatic hydroxyl groups is 1. The number of nitrogens with zero attached hydrogens (tertiary/aromatic N) is 2. The summed E-state index contributed by atoms with van der Waals surface area (Å²) in [6.07, 6.45) is 1.86. The standard InChI is InChI=1S/C13H24N2O/c1-6-11-8-12(15(5)14-11)7-10(9-16)13(2,3)4/h8,10,16H,6-7,9H2,1-5H3. The van der Waals surface area contributed by atoms with E-state index in [1.165, 1.54) is 5.69 Å². The Morgan fingerprint density at radius 1 is 1.44 bits per heavy atom. The predicted molar refractivity (Wildman–Crippen MR) is 66.3 cm³/mol. The summed E-state index contributed by atoms with van der Waals surface area (Å²) in [5.41, 5.74) is 2.47. The molecule has 0 aliphatic rings. The van der Waals surface area contributed by atoms with Gasteiger partial charge in [0.05, 0.1) is 5.69 Å². The van der Waals surface area contributed by atoms with E-state index in [9.17, 15) is 5.11 Å². The first-order chi connectivity index (χ1) is 7.38. The van der Waals surface area contributed by atoms with Crippen LogP contribution in [0.15, 0.2) is 6.07 Å². The minimum atomic E-state index is 0.130. The van der Waals surface area contributed by atoms with Crippen molar-refractivity contribution >= 4 is 0 Å². The lowest BCUT2D eigenvalue weighted by Gasteiger charge is -2.28.